The second-order valence-electron chi connectivity index (χ2n) is 15.0. The van der Waals surface area contributed by atoms with E-state index in [1.807, 2.05) is 72.8 Å². The highest BCUT2D eigenvalue weighted by molar-refractivity contribution is 7.25. The molecule has 0 fully saturated rings. The van der Waals surface area contributed by atoms with Crippen LogP contribution in [0.25, 0.3) is 42.4 Å². The van der Waals surface area contributed by atoms with Gasteiger partial charge in [-0.1, -0.05) is 170 Å². The maximum absolute atomic E-state index is 10.8. The van der Waals surface area contributed by atoms with E-state index in [2.05, 4.69) is 0 Å². The van der Waals surface area contributed by atoms with Gasteiger partial charge in [-0.25, -0.2) is 0 Å². The van der Waals surface area contributed by atoms with Crippen LogP contribution in [0.5, 0.6) is 0 Å². The fourth-order valence-electron chi connectivity index (χ4n) is 9.36. The van der Waals surface area contributed by atoms with E-state index >= 15 is 0 Å². The van der Waals surface area contributed by atoms with Crippen LogP contribution in [0.4, 0.5) is 17.1 Å². The summed E-state index contributed by atoms with van der Waals surface area (Å²) in [6.45, 7) is 1.75. The zero-order chi connectivity index (χ0) is 51.3. The first-order valence-electron chi connectivity index (χ1n) is 26.4. The summed E-state index contributed by atoms with van der Waals surface area (Å²) >= 11 is 1.55. The topological polar surface area (TPSA) is 3.24 Å². The first-order valence-corrected chi connectivity index (χ1v) is 20.2. The molecule has 0 N–H and O–H groups in total. The van der Waals surface area contributed by atoms with Crippen LogP contribution in [-0.2, 0) is 10.8 Å². The van der Waals surface area contributed by atoms with Crippen LogP contribution >= 0.6 is 11.3 Å². The molecule has 1 aromatic heterocycles. The second kappa shape index (κ2) is 13.0. The minimum Gasteiger partial charge on any atom is -0.310 e. The number of fused-ring (bicyclic) bond motifs is 9. The molecular formula is C57H39NS. The van der Waals surface area contributed by atoms with Crippen molar-refractivity contribution in [2.45, 2.75) is 17.8 Å². The number of nitrogens with zero attached hydrogens (tertiary/aromatic N) is 1. The van der Waals surface area contributed by atoms with Gasteiger partial charge in [0.05, 0.1) is 24.6 Å². The quantitative estimate of drug-likeness (QED) is 0.162. The number of rotatable bonds is 6. The maximum atomic E-state index is 10.8. The predicted molar refractivity (Wildman–Crippen MR) is 249 cm³/mol. The van der Waals surface area contributed by atoms with E-state index in [1.165, 1.54) is 4.90 Å². The van der Waals surface area contributed by atoms with E-state index < -0.39 is 71.3 Å². The lowest BCUT2D eigenvalue weighted by Gasteiger charge is -2.35. The van der Waals surface area contributed by atoms with E-state index in [4.69, 9.17) is 5.48 Å². The van der Waals surface area contributed by atoms with Crippen LogP contribution in [0.3, 0.4) is 0 Å². The molecule has 10 aromatic rings. The minimum atomic E-state index is -1.70. The van der Waals surface area contributed by atoms with Gasteiger partial charge in [0, 0.05) is 42.6 Å². The molecular weight excluding hydrogens is 731 g/mol. The molecule has 1 heterocycles. The van der Waals surface area contributed by atoms with E-state index in [9.17, 15) is 13.7 Å². The molecule has 0 aliphatic heterocycles. The number of thiophene rings is 1. The van der Waals surface area contributed by atoms with Gasteiger partial charge in [0.25, 0.3) is 0 Å². The lowest BCUT2D eigenvalue weighted by Crippen LogP contribution is -2.28. The van der Waals surface area contributed by atoms with Crippen LogP contribution in [-0.4, -0.2) is 0 Å². The number of benzene rings is 9. The maximum Gasteiger partial charge on any atom is 0.0714 e. The van der Waals surface area contributed by atoms with Crippen molar-refractivity contribution in [1.29, 1.82) is 0 Å². The van der Waals surface area contributed by atoms with E-state index in [0.717, 1.165) is 20.2 Å². The lowest BCUT2D eigenvalue weighted by atomic mass is 9.67. The molecule has 0 amide bonds. The van der Waals surface area contributed by atoms with Crippen molar-refractivity contribution in [3.05, 3.63) is 257 Å². The number of anilines is 3. The summed E-state index contributed by atoms with van der Waals surface area (Å²) in [5.41, 5.74) is -1.48. The van der Waals surface area contributed by atoms with Gasteiger partial charge < -0.3 is 4.90 Å². The van der Waals surface area contributed by atoms with Gasteiger partial charge in [-0.15, -0.1) is 11.3 Å². The first kappa shape index (κ1) is 22.8. The molecule has 0 radical (unpaired) electrons. The monoisotopic (exact) mass is 783 g/mol. The van der Waals surface area contributed by atoms with Gasteiger partial charge in [-0.3, -0.25) is 0 Å². The van der Waals surface area contributed by atoms with Crippen LogP contribution in [0.1, 0.15) is 65.1 Å². The molecule has 278 valence electrons. The fraction of sp³-hybridized carbons (Fsp3) is 0.0526. The smallest absolute Gasteiger partial charge is 0.0714 e. The summed E-state index contributed by atoms with van der Waals surface area (Å²) in [6.07, 6.45) is 0. The molecule has 0 spiro atoms. The molecule has 0 bridgehead atoms. The molecule has 1 nitrogen and oxygen atoms in total. The predicted octanol–water partition coefficient (Wildman–Crippen LogP) is 15.2. The standard InChI is InChI=1S/C57H39NS/c1-56(38-17-5-2-6-18-38)50-26-14-11-23-44(50)46-32-29-42(36-52(46)56)58(41-31-34-55-49(35-41)48-25-13-16-28-54(48)59-55)43-30-33-47-45-24-12-15-27-51(45)57(53(47)37-43,39-19-7-3-8-20-39)40-21-9-4-10-22-40/h2-37H,1H3/i11D,12D,14D,15D,23D,24D,26D,27D,29D,30D,32D,33D,36D,37D. The average molecular weight is 784 g/mol. The normalized spacial score (nSPS) is 19.1. The Bertz CT molecular complexity index is 4010. The second-order valence-corrected chi connectivity index (χ2v) is 16.1. The minimum absolute atomic E-state index is 0.00476. The Morgan fingerprint density at radius 3 is 1.61 bits per heavy atom. The van der Waals surface area contributed by atoms with Gasteiger partial charge in [0.15, 0.2) is 0 Å². The Morgan fingerprint density at radius 2 is 0.932 bits per heavy atom. The molecule has 2 heteroatoms. The summed E-state index contributed by atoms with van der Waals surface area (Å²) in [7, 11) is 0. The molecule has 1 atom stereocenters. The Labute approximate surface area is 368 Å². The van der Waals surface area contributed by atoms with Crippen LogP contribution in [0, 0.1) is 0 Å². The third-order valence-corrected chi connectivity index (χ3v) is 13.2. The van der Waals surface area contributed by atoms with E-state index in [-0.39, 0.29) is 85.7 Å². The summed E-state index contributed by atoms with van der Waals surface area (Å²) in [6, 6.07) is 33.8. The Morgan fingerprint density at radius 1 is 0.424 bits per heavy atom. The molecule has 2 aliphatic rings. The highest BCUT2D eigenvalue weighted by Gasteiger charge is 2.46. The largest absolute Gasteiger partial charge is 0.310 e. The van der Waals surface area contributed by atoms with E-state index in [1.54, 1.807) is 78.9 Å². The molecule has 59 heavy (non-hydrogen) atoms. The lowest BCUT2D eigenvalue weighted by molar-refractivity contribution is 0.714. The Kier molecular flexibility index (Phi) is 5.03. The zero-order valence-electron chi connectivity index (χ0n) is 45.6. The fourth-order valence-corrected chi connectivity index (χ4v) is 10.4. The summed E-state index contributed by atoms with van der Waals surface area (Å²) < 4.78 is 137. The third kappa shape index (κ3) is 4.84. The zero-order valence-corrected chi connectivity index (χ0v) is 32.4. The molecule has 1 unspecified atom stereocenters. The summed E-state index contributed by atoms with van der Waals surface area (Å²) in [5, 5.41) is 1.67. The van der Waals surface area contributed by atoms with Gasteiger partial charge >= 0.3 is 0 Å². The third-order valence-electron chi connectivity index (χ3n) is 12.1. The van der Waals surface area contributed by atoms with Crippen molar-refractivity contribution in [3.8, 4) is 22.3 Å². The Hall–Kier alpha value is -7.00. The number of hydrogen-bond acceptors (Lipinski definition) is 2. The van der Waals surface area contributed by atoms with Crippen molar-refractivity contribution in [2.24, 2.45) is 0 Å². The van der Waals surface area contributed by atoms with Gasteiger partial charge in [0.2, 0.25) is 0 Å². The van der Waals surface area contributed by atoms with Crippen LogP contribution in [0.2, 0.25) is 0 Å². The van der Waals surface area contributed by atoms with Crippen LogP contribution < -0.4 is 4.90 Å². The van der Waals surface area contributed by atoms with Crippen molar-refractivity contribution < 1.29 is 19.2 Å². The average Bonchev–Trinajstić information content (AvgIpc) is 4.05. The first-order chi connectivity index (χ1) is 35.0. The number of hydrogen-bond donors (Lipinski definition) is 0. The van der Waals surface area contributed by atoms with Crippen LogP contribution in [0.15, 0.2) is 218 Å². The molecule has 12 rings (SSSR count). The summed E-state index contributed by atoms with van der Waals surface area (Å²) in [5.74, 6) is 0. The van der Waals surface area contributed by atoms with Gasteiger partial charge in [-0.05, 0) is 117 Å². The highest BCUT2D eigenvalue weighted by atomic mass is 32.1. The van der Waals surface area contributed by atoms with Crippen molar-refractivity contribution in [2.75, 3.05) is 4.90 Å². The van der Waals surface area contributed by atoms with E-state index in [0.29, 0.717) is 16.7 Å². The molecule has 9 aromatic carbocycles. The Balaban J connectivity index is 1.28. The van der Waals surface area contributed by atoms with Crippen molar-refractivity contribution in [1.82, 2.24) is 0 Å². The highest BCUT2D eigenvalue weighted by Crippen LogP contribution is 2.58. The van der Waals surface area contributed by atoms with Crippen molar-refractivity contribution in [3.63, 3.8) is 0 Å². The summed E-state index contributed by atoms with van der Waals surface area (Å²) in [4.78, 5) is 1.42. The van der Waals surface area contributed by atoms with Crippen molar-refractivity contribution >= 4 is 48.6 Å². The SMILES string of the molecule is [2H]c1c([2H])c([2H])c2c(c1[2H])-c1c([2H])c([2H])c(N(c3ccc4sc5ccccc5c4c3)c3c([2H])c([2H])c4c(c3[2H])C(c3ccccc3)(c3ccccc3)c3c([2H])c([2H])c([2H])c([2H])c3-4)c([2H])c1C2(C)c1ccccc1. The molecule has 0 saturated heterocycles. The molecule has 2 aliphatic carbocycles. The van der Waals surface area contributed by atoms with Gasteiger partial charge in [0.1, 0.15) is 0 Å². The van der Waals surface area contributed by atoms with Gasteiger partial charge in [-0.2, -0.15) is 0 Å². The molecule has 0 saturated carbocycles.